The largest absolute Gasteiger partial charge is 0.480 e. The van der Waals surface area contributed by atoms with Gasteiger partial charge in [-0.1, -0.05) is 0 Å². The van der Waals surface area contributed by atoms with Gasteiger partial charge in [0, 0.05) is 0 Å². The maximum absolute atomic E-state index is 11.0. The summed E-state index contributed by atoms with van der Waals surface area (Å²) in [6.07, 6.45) is 0.244. The van der Waals surface area contributed by atoms with Crippen molar-refractivity contribution in [1.29, 1.82) is 0 Å². The Labute approximate surface area is 93.4 Å². The molecular weight excluding hydrogens is 218 g/mol. The number of carboxylic acid groups (broad SMARTS) is 1. The highest BCUT2D eigenvalue weighted by Gasteiger charge is 2.11. The summed E-state index contributed by atoms with van der Waals surface area (Å²) in [5.74, 6) is -0.509. The van der Waals surface area contributed by atoms with Gasteiger partial charge in [0.25, 0.3) is 0 Å². The Balaban J connectivity index is 3.46. The molecule has 0 aromatic heterocycles. The Kier molecular flexibility index (Phi) is 7.15. The Morgan fingerprint density at radius 3 is 2.53 bits per heavy atom. The Morgan fingerprint density at radius 2 is 2.07 bits per heavy atom. The molecule has 0 fully saturated rings. The predicted octanol–water partition coefficient (Wildman–Crippen LogP) is 0.473. The zero-order valence-corrected chi connectivity index (χ0v) is 9.75. The molecule has 0 spiro atoms. The summed E-state index contributed by atoms with van der Waals surface area (Å²) in [6.45, 7) is 3.56. The number of esters is 1. The van der Waals surface area contributed by atoms with E-state index < -0.39 is 12.0 Å². The van der Waals surface area contributed by atoms with Crippen molar-refractivity contribution < 1.29 is 19.4 Å². The van der Waals surface area contributed by atoms with Crippen LogP contribution in [0.5, 0.6) is 0 Å². The normalized spacial score (nSPS) is 12.5. The molecule has 0 saturated carbocycles. The molecule has 0 aliphatic rings. The zero-order valence-electron chi connectivity index (χ0n) is 8.93. The second kappa shape index (κ2) is 7.53. The fourth-order valence-corrected chi connectivity index (χ4v) is 1.59. The molecule has 0 aromatic carbocycles. The summed E-state index contributed by atoms with van der Waals surface area (Å²) in [4.78, 5) is 21.4. The van der Waals surface area contributed by atoms with E-state index in [-0.39, 0.29) is 17.8 Å². The van der Waals surface area contributed by atoms with Gasteiger partial charge in [-0.05, 0) is 26.0 Å². The minimum Gasteiger partial charge on any atom is -0.480 e. The highest BCUT2D eigenvalue weighted by atomic mass is 32.2. The van der Waals surface area contributed by atoms with Gasteiger partial charge in [-0.2, -0.15) is 11.8 Å². The maximum atomic E-state index is 11.0. The van der Waals surface area contributed by atoms with Gasteiger partial charge in [0.15, 0.2) is 0 Å². The first-order valence-electron chi connectivity index (χ1n) is 4.69. The molecule has 1 atom stereocenters. The molecule has 0 rings (SSSR count). The van der Waals surface area contributed by atoms with Crippen molar-refractivity contribution in [2.24, 2.45) is 5.73 Å². The van der Waals surface area contributed by atoms with Crippen LogP contribution in [0, 0.1) is 0 Å². The van der Waals surface area contributed by atoms with E-state index in [0.29, 0.717) is 12.2 Å². The van der Waals surface area contributed by atoms with Crippen molar-refractivity contribution in [3.63, 3.8) is 0 Å². The summed E-state index contributed by atoms with van der Waals surface area (Å²) in [7, 11) is 0. The van der Waals surface area contributed by atoms with Crippen LogP contribution in [0.2, 0.25) is 0 Å². The highest BCUT2D eigenvalue weighted by molar-refractivity contribution is 7.99. The van der Waals surface area contributed by atoms with Gasteiger partial charge in [0.05, 0.1) is 11.9 Å². The molecular formula is C9H17NO4S. The first-order chi connectivity index (χ1) is 6.93. The number of aliphatic carboxylic acids is 1. The molecule has 0 radical (unpaired) electrons. The van der Waals surface area contributed by atoms with Crippen LogP contribution in [-0.2, 0) is 14.3 Å². The van der Waals surface area contributed by atoms with E-state index in [9.17, 15) is 9.59 Å². The number of carbonyl (C=O) groups is 2. The van der Waals surface area contributed by atoms with E-state index in [1.165, 1.54) is 11.8 Å². The number of rotatable bonds is 7. The van der Waals surface area contributed by atoms with Crippen LogP contribution in [0.4, 0.5) is 0 Å². The van der Waals surface area contributed by atoms with Gasteiger partial charge in [-0.3, -0.25) is 9.59 Å². The molecule has 3 N–H and O–H groups in total. The fraction of sp³-hybridized carbons (Fsp3) is 0.778. The van der Waals surface area contributed by atoms with E-state index in [0.717, 1.165) is 0 Å². The topological polar surface area (TPSA) is 89.6 Å². The van der Waals surface area contributed by atoms with Crippen LogP contribution in [0.3, 0.4) is 0 Å². The molecule has 6 heteroatoms. The lowest BCUT2D eigenvalue weighted by Crippen LogP contribution is -2.30. The number of carboxylic acids is 1. The molecule has 1 unspecified atom stereocenters. The molecule has 15 heavy (non-hydrogen) atoms. The molecule has 0 aliphatic carbocycles. The van der Waals surface area contributed by atoms with Crippen LogP contribution >= 0.6 is 11.8 Å². The number of thioether (sulfide) groups is 1. The molecule has 0 bridgehead atoms. The number of hydrogen-bond donors (Lipinski definition) is 2. The molecule has 0 aliphatic heterocycles. The molecule has 0 amide bonds. The van der Waals surface area contributed by atoms with Gasteiger partial charge in [-0.15, -0.1) is 0 Å². The van der Waals surface area contributed by atoms with E-state index >= 15 is 0 Å². The van der Waals surface area contributed by atoms with Crippen molar-refractivity contribution in [2.75, 3.05) is 11.5 Å². The lowest BCUT2D eigenvalue weighted by molar-refractivity contribution is -0.144. The molecule has 5 nitrogen and oxygen atoms in total. The summed E-state index contributed by atoms with van der Waals surface area (Å²) in [6, 6.07) is -0.849. The summed E-state index contributed by atoms with van der Waals surface area (Å²) in [5, 5.41) is 8.48. The Hall–Kier alpha value is -0.750. The number of carbonyl (C=O) groups excluding carboxylic acids is 1. The second-order valence-electron chi connectivity index (χ2n) is 3.32. The second-order valence-corrected chi connectivity index (χ2v) is 4.43. The van der Waals surface area contributed by atoms with E-state index in [1.807, 2.05) is 0 Å². The minimum atomic E-state index is -1.01. The van der Waals surface area contributed by atoms with Crippen LogP contribution in [-0.4, -0.2) is 40.7 Å². The van der Waals surface area contributed by atoms with E-state index in [4.69, 9.17) is 15.6 Å². The predicted molar refractivity (Wildman–Crippen MR) is 58.8 cm³/mol. The lowest BCUT2D eigenvalue weighted by atomic mass is 10.2. The molecule has 0 saturated heterocycles. The first kappa shape index (κ1) is 14.2. The average molecular weight is 235 g/mol. The Morgan fingerprint density at radius 1 is 1.47 bits per heavy atom. The SMILES string of the molecule is CC(C)OC(=O)CSCCC(N)C(=O)O. The third-order valence-corrected chi connectivity index (χ3v) is 2.44. The maximum Gasteiger partial charge on any atom is 0.320 e. The fourth-order valence-electron chi connectivity index (χ4n) is 0.786. The minimum absolute atomic E-state index is 0.112. The number of ether oxygens (including phenoxy) is 1. The van der Waals surface area contributed by atoms with Gasteiger partial charge in [0.2, 0.25) is 0 Å². The van der Waals surface area contributed by atoms with E-state index in [2.05, 4.69) is 0 Å². The van der Waals surface area contributed by atoms with Crippen LogP contribution < -0.4 is 5.73 Å². The van der Waals surface area contributed by atoms with Crippen molar-refractivity contribution in [3.8, 4) is 0 Å². The van der Waals surface area contributed by atoms with Gasteiger partial charge in [-0.25, -0.2) is 0 Å². The average Bonchev–Trinajstić information content (AvgIpc) is 2.10. The van der Waals surface area contributed by atoms with E-state index in [1.54, 1.807) is 13.8 Å². The van der Waals surface area contributed by atoms with Gasteiger partial charge < -0.3 is 15.6 Å². The lowest BCUT2D eigenvalue weighted by Gasteiger charge is -2.08. The van der Waals surface area contributed by atoms with Crippen molar-refractivity contribution in [2.45, 2.75) is 32.4 Å². The van der Waals surface area contributed by atoms with Crippen LogP contribution in [0.15, 0.2) is 0 Å². The third kappa shape index (κ3) is 8.26. The van der Waals surface area contributed by atoms with Gasteiger partial charge >= 0.3 is 11.9 Å². The van der Waals surface area contributed by atoms with Crippen molar-refractivity contribution in [3.05, 3.63) is 0 Å². The number of hydrogen-bond acceptors (Lipinski definition) is 5. The molecule has 0 aromatic rings. The third-order valence-electron chi connectivity index (χ3n) is 1.48. The smallest absolute Gasteiger partial charge is 0.320 e. The molecule has 88 valence electrons. The van der Waals surface area contributed by atoms with Crippen molar-refractivity contribution in [1.82, 2.24) is 0 Å². The Bertz CT molecular complexity index is 220. The standard InChI is InChI=1S/C9H17NO4S/c1-6(2)14-8(11)5-15-4-3-7(10)9(12)13/h6-7H,3-5,10H2,1-2H3,(H,12,13). The molecule has 0 heterocycles. The van der Waals surface area contributed by atoms with Gasteiger partial charge in [0.1, 0.15) is 6.04 Å². The monoisotopic (exact) mass is 235 g/mol. The van der Waals surface area contributed by atoms with Crippen LogP contribution in [0.25, 0.3) is 0 Å². The summed E-state index contributed by atoms with van der Waals surface area (Å²) in [5.41, 5.74) is 5.29. The number of nitrogens with two attached hydrogens (primary N) is 1. The zero-order chi connectivity index (χ0) is 11.8. The first-order valence-corrected chi connectivity index (χ1v) is 5.84. The summed E-state index contributed by atoms with van der Waals surface area (Å²) >= 11 is 1.33. The summed E-state index contributed by atoms with van der Waals surface area (Å²) < 4.78 is 4.90. The van der Waals surface area contributed by atoms with Crippen molar-refractivity contribution >= 4 is 23.7 Å². The van der Waals surface area contributed by atoms with Crippen LogP contribution in [0.1, 0.15) is 20.3 Å². The quantitative estimate of drug-likeness (QED) is 0.492. The highest BCUT2D eigenvalue weighted by Crippen LogP contribution is 2.05.